The summed E-state index contributed by atoms with van der Waals surface area (Å²) in [7, 11) is 0. The Hall–Kier alpha value is -0.480. The summed E-state index contributed by atoms with van der Waals surface area (Å²) in [6, 6.07) is 1.60. The topological polar surface area (TPSA) is 105 Å². The maximum absolute atomic E-state index is 11.2. The number of nitrogens with zero attached hydrogens (tertiary/aromatic N) is 2. The van der Waals surface area contributed by atoms with Crippen LogP contribution in [0.3, 0.4) is 0 Å². The molecule has 24 heavy (non-hydrogen) atoms. The molecule has 0 radical (unpaired) electrons. The Kier molecular flexibility index (Phi) is 5.52. The lowest BCUT2D eigenvalue weighted by atomic mass is 10.1. The van der Waals surface area contributed by atoms with E-state index in [4.69, 9.17) is 79.1 Å². The van der Waals surface area contributed by atoms with Gasteiger partial charge in [0.1, 0.15) is 6.10 Å². The minimum Gasteiger partial charge on any atom is -0.453 e. The Morgan fingerprint density at radius 1 is 0.958 bits per heavy atom. The second-order valence-corrected chi connectivity index (χ2v) is 9.18. The van der Waals surface area contributed by atoms with Crippen molar-refractivity contribution in [1.82, 2.24) is 0 Å². The molecule has 1 aromatic carbocycles. The summed E-state index contributed by atoms with van der Waals surface area (Å²) in [5, 5.41) is 22.2. The lowest BCUT2D eigenvalue weighted by molar-refractivity contribution is -0.395. The maximum Gasteiger partial charge on any atom is 0.318 e. The van der Waals surface area contributed by atoms with E-state index in [0.717, 1.165) is 6.07 Å². The Labute approximate surface area is 163 Å². The van der Waals surface area contributed by atoms with Crippen LogP contribution in [0.4, 0.5) is 11.4 Å². The van der Waals surface area contributed by atoms with Crippen LogP contribution in [-0.4, -0.2) is 23.7 Å². The lowest BCUT2D eigenvalue weighted by Crippen LogP contribution is -2.42. The fourth-order valence-corrected chi connectivity index (χ4v) is 2.71. The number of rotatable bonds is 2. The van der Waals surface area contributed by atoms with Crippen LogP contribution < -0.4 is 4.74 Å². The normalized spacial score (nSPS) is 20.9. The van der Waals surface area contributed by atoms with Crippen molar-refractivity contribution in [3.63, 3.8) is 0 Å². The highest BCUT2D eigenvalue weighted by molar-refractivity contribution is 6.68. The van der Waals surface area contributed by atoms with E-state index < -0.39 is 46.9 Å². The van der Waals surface area contributed by atoms with Crippen LogP contribution in [0.5, 0.6) is 5.75 Å². The zero-order valence-electron chi connectivity index (χ0n) is 10.9. The monoisotopic (exact) mass is 458 g/mol. The summed E-state index contributed by atoms with van der Waals surface area (Å²) in [5.74, 6) is -0.454. The summed E-state index contributed by atoms with van der Waals surface area (Å²) < 4.78 is 6.08. The predicted molar refractivity (Wildman–Crippen MR) is 88.6 cm³/mol. The Balaban J connectivity index is 2.73. The average Bonchev–Trinajstić information content (AvgIpc) is 2.42. The summed E-state index contributed by atoms with van der Waals surface area (Å²) in [4.78, 5) is 20.4. The van der Waals surface area contributed by atoms with Crippen molar-refractivity contribution in [2.75, 3.05) is 0 Å². The zero-order chi connectivity index (χ0) is 18.4. The van der Waals surface area contributed by atoms with Gasteiger partial charge in [0, 0.05) is 11.6 Å². The molecule has 0 aromatic heterocycles. The number of nitro groups is 2. The van der Waals surface area contributed by atoms with Crippen molar-refractivity contribution in [1.29, 1.82) is 0 Å². The van der Waals surface area contributed by atoms with Crippen LogP contribution in [-0.2, 0) is 4.74 Å². The van der Waals surface area contributed by atoms with Crippen LogP contribution in [0, 0.1) is 20.2 Å². The second-order valence-electron chi connectivity index (χ2n) is 4.45. The van der Waals surface area contributed by atoms with Crippen molar-refractivity contribution in [2.45, 2.75) is 20.0 Å². The number of nitro benzene ring substituents is 2. The zero-order valence-corrected chi connectivity index (χ0v) is 15.5. The third kappa shape index (κ3) is 4.01. The molecule has 14 heteroatoms. The fraction of sp³-hybridized carbons (Fsp3) is 0.400. The van der Waals surface area contributed by atoms with E-state index in [0.29, 0.717) is 6.07 Å². The van der Waals surface area contributed by atoms with E-state index in [1.807, 2.05) is 0 Å². The quantitative estimate of drug-likeness (QED) is 0.348. The minimum absolute atomic E-state index is 0.235. The minimum atomic E-state index is -2.18. The first-order valence-corrected chi connectivity index (χ1v) is 8.01. The molecule has 0 saturated carbocycles. The molecule has 0 unspecified atom stereocenters. The van der Waals surface area contributed by atoms with Gasteiger partial charge in [-0.3, -0.25) is 20.2 Å². The van der Waals surface area contributed by atoms with Gasteiger partial charge in [0.2, 0.25) is 15.8 Å². The van der Waals surface area contributed by atoms with Gasteiger partial charge in [-0.25, -0.2) is 0 Å². The van der Waals surface area contributed by atoms with E-state index >= 15 is 0 Å². The van der Waals surface area contributed by atoms with Crippen molar-refractivity contribution in [3.8, 4) is 5.75 Å². The predicted octanol–water partition coefficient (Wildman–Crippen LogP) is 5.02. The third-order valence-corrected chi connectivity index (χ3v) is 3.95. The number of non-ortho nitro benzene ring substituents is 1. The molecule has 0 amide bonds. The number of fused-ring (bicyclic) bond motifs is 1. The Morgan fingerprint density at radius 3 is 1.96 bits per heavy atom. The van der Waals surface area contributed by atoms with Gasteiger partial charge in [0.15, 0.2) is 0 Å². The number of hydrogen-bond acceptors (Lipinski definition) is 6. The molecular formula is C10H4Cl6N2O6. The van der Waals surface area contributed by atoms with Gasteiger partial charge in [-0.2, -0.15) is 0 Å². The molecule has 0 aliphatic carbocycles. The van der Waals surface area contributed by atoms with E-state index in [1.165, 1.54) is 0 Å². The summed E-state index contributed by atoms with van der Waals surface area (Å²) in [5.41, 5.74) is -1.62. The number of ether oxygens (including phenoxy) is 2. The van der Waals surface area contributed by atoms with Gasteiger partial charge in [-0.05, 0) is 0 Å². The molecule has 1 aliphatic heterocycles. The SMILES string of the molecule is O=[N+]([O-])c1cc2c(c([N+](=O)[O-])c1)O[C@@H](C(Cl)(Cl)Cl)O[C@H]2C(Cl)(Cl)Cl. The molecule has 1 aromatic rings. The molecule has 0 saturated heterocycles. The van der Waals surface area contributed by atoms with Crippen molar-refractivity contribution in [2.24, 2.45) is 0 Å². The summed E-state index contributed by atoms with van der Waals surface area (Å²) in [6.45, 7) is 0. The molecule has 132 valence electrons. The van der Waals surface area contributed by atoms with Gasteiger partial charge in [-0.1, -0.05) is 69.6 Å². The fourth-order valence-electron chi connectivity index (χ4n) is 1.91. The van der Waals surface area contributed by atoms with Crippen molar-refractivity contribution >= 4 is 81.0 Å². The maximum atomic E-state index is 11.2. The van der Waals surface area contributed by atoms with Gasteiger partial charge >= 0.3 is 5.69 Å². The standard InChI is InChI=1S/C10H4Cl6N2O6/c11-9(12,13)7-4-1-3(17(19)20)2-5(18(21)22)6(4)23-8(24-7)10(14,15)16/h1-2,7-8H/t7-,8-/m1/s1. The molecular weight excluding hydrogens is 457 g/mol. The molecule has 1 aliphatic rings. The molecule has 0 spiro atoms. The second kappa shape index (κ2) is 6.68. The first-order valence-electron chi connectivity index (χ1n) is 5.74. The van der Waals surface area contributed by atoms with E-state index in [9.17, 15) is 20.2 Å². The van der Waals surface area contributed by atoms with Crippen LogP contribution in [0.1, 0.15) is 11.7 Å². The highest BCUT2D eigenvalue weighted by Gasteiger charge is 2.50. The largest absolute Gasteiger partial charge is 0.453 e. The number of halogens is 6. The van der Waals surface area contributed by atoms with E-state index in [-0.39, 0.29) is 5.56 Å². The first-order chi connectivity index (χ1) is 10.8. The highest BCUT2D eigenvalue weighted by atomic mass is 35.6. The van der Waals surface area contributed by atoms with Gasteiger partial charge in [0.25, 0.3) is 9.48 Å². The Bertz CT molecular complexity index is 702. The van der Waals surface area contributed by atoms with E-state index in [1.54, 1.807) is 0 Å². The number of hydrogen-bond donors (Lipinski definition) is 0. The molecule has 0 bridgehead atoms. The number of benzene rings is 1. The van der Waals surface area contributed by atoms with Gasteiger partial charge in [-0.15, -0.1) is 0 Å². The smallest absolute Gasteiger partial charge is 0.318 e. The van der Waals surface area contributed by atoms with Crippen LogP contribution in [0.2, 0.25) is 0 Å². The van der Waals surface area contributed by atoms with Crippen molar-refractivity contribution in [3.05, 3.63) is 37.9 Å². The van der Waals surface area contributed by atoms with Gasteiger partial charge in [0.05, 0.1) is 15.9 Å². The summed E-state index contributed by atoms with van der Waals surface area (Å²) >= 11 is 34.4. The van der Waals surface area contributed by atoms with Crippen LogP contribution in [0.15, 0.2) is 12.1 Å². The molecule has 0 N–H and O–H groups in total. The van der Waals surface area contributed by atoms with E-state index in [2.05, 4.69) is 0 Å². The average molecular weight is 461 g/mol. The first kappa shape index (κ1) is 19.8. The van der Waals surface area contributed by atoms with Crippen LogP contribution in [0.25, 0.3) is 0 Å². The number of alkyl halides is 6. The molecule has 0 fully saturated rings. The van der Waals surface area contributed by atoms with Gasteiger partial charge < -0.3 is 9.47 Å². The molecule has 2 atom stereocenters. The van der Waals surface area contributed by atoms with Crippen LogP contribution >= 0.6 is 69.6 Å². The molecule has 1 heterocycles. The lowest BCUT2D eigenvalue weighted by Gasteiger charge is -2.37. The molecule has 8 nitrogen and oxygen atoms in total. The van der Waals surface area contributed by atoms with Crippen molar-refractivity contribution < 1.29 is 19.3 Å². The molecule has 2 rings (SSSR count). The Morgan fingerprint density at radius 2 is 1.54 bits per heavy atom. The summed E-state index contributed by atoms with van der Waals surface area (Å²) in [6.07, 6.45) is -3.18. The third-order valence-electron chi connectivity index (χ3n) is 2.82. The highest BCUT2D eigenvalue weighted by Crippen LogP contribution is 2.54.